The maximum Gasteiger partial charge on any atom is 0.251 e. The van der Waals surface area contributed by atoms with Crippen LogP contribution in [0.5, 0.6) is 0 Å². The zero-order valence-corrected chi connectivity index (χ0v) is 14.2. The number of rotatable bonds is 3. The maximum atomic E-state index is 12.0. The lowest BCUT2D eigenvalue weighted by Gasteiger charge is -2.39. The van der Waals surface area contributed by atoms with Crippen molar-refractivity contribution in [3.8, 4) is 11.3 Å². The lowest BCUT2D eigenvalue weighted by atomic mass is 10.0. The number of hydrogen-bond acceptors (Lipinski definition) is 4. The molecule has 1 aliphatic carbocycles. The molecular weight excluding hydrogens is 300 g/mol. The third kappa shape index (κ3) is 2.44. The second kappa shape index (κ2) is 5.89. The molecule has 1 aliphatic heterocycles. The van der Waals surface area contributed by atoms with E-state index in [0.717, 1.165) is 43.0 Å². The number of carbonyl (C=O) groups excluding carboxylic acids is 1. The van der Waals surface area contributed by atoms with Gasteiger partial charge in [-0.1, -0.05) is 12.1 Å². The molecule has 0 bridgehead atoms. The van der Waals surface area contributed by atoms with Gasteiger partial charge in [0.1, 0.15) is 0 Å². The Labute approximate surface area is 142 Å². The molecule has 2 heterocycles. The maximum absolute atomic E-state index is 12.0. The van der Waals surface area contributed by atoms with Crippen LogP contribution in [0.25, 0.3) is 11.3 Å². The highest BCUT2D eigenvalue weighted by atomic mass is 16.1. The first-order valence-corrected chi connectivity index (χ1v) is 8.66. The Balaban J connectivity index is 1.81. The number of carbonyl (C=O) groups is 1. The molecule has 1 fully saturated rings. The molecule has 124 valence electrons. The van der Waals surface area contributed by atoms with E-state index in [9.17, 15) is 4.79 Å². The number of anilines is 1. The minimum Gasteiger partial charge on any atom is -0.355 e. The molecule has 5 heteroatoms. The first kappa shape index (κ1) is 15.1. The average Bonchev–Trinajstić information content (AvgIpc) is 3.07. The number of benzene rings is 1. The van der Waals surface area contributed by atoms with Crippen molar-refractivity contribution in [1.82, 2.24) is 15.3 Å². The summed E-state index contributed by atoms with van der Waals surface area (Å²) in [6.45, 7) is 3.24. The third-order valence-corrected chi connectivity index (χ3v) is 5.12. The lowest BCUT2D eigenvalue weighted by molar-refractivity contribution is 0.0963. The topological polar surface area (TPSA) is 58.1 Å². The number of hydrogen-bond donors (Lipinski definition) is 1. The summed E-state index contributed by atoms with van der Waals surface area (Å²) < 4.78 is 0. The second-order valence-electron chi connectivity index (χ2n) is 6.64. The van der Waals surface area contributed by atoms with Gasteiger partial charge in [0.2, 0.25) is 5.95 Å². The Morgan fingerprint density at radius 3 is 2.88 bits per heavy atom. The summed E-state index contributed by atoms with van der Waals surface area (Å²) in [7, 11) is 1.65. The van der Waals surface area contributed by atoms with Crippen molar-refractivity contribution < 1.29 is 4.79 Å². The van der Waals surface area contributed by atoms with Crippen LogP contribution >= 0.6 is 0 Å². The Morgan fingerprint density at radius 2 is 2.17 bits per heavy atom. The molecule has 1 unspecified atom stereocenters. The molecule has 2 aliphatic rings. The van der Waals surface area contributed by atoms with Gasteiger partial charge in [-0.3, -0.25) is 4.79 Å². The number of fused-ring (bicyclic) bond motifs is 1. The van der Waals surface area contributed by atoms with Crippen LogP contribution < -0.4 is 10.2 Å². The Morgan fingerprint density at radius 1 is 1.29 bits per heavy atom. The summed E-state index contributed by atoms with van der Waals surface area (Å²) in [6.07, 6.45) is 4.37. The van der Waals surface area contributed by atoms with Gasteiger partial charge in [-0.15, -0.1) is 0 Å². The largest absolute Gasteiger partial charge is 0.355 e. The standard InChI is InChI=1S/C19H22N4O/c1-12-9-10-23(12)19-21-16-8-4-7-15(16)17(22-19)13-5-3-6-14(11-13)18(24)20-2/h3,5-6,11-12H,4,7-10H2,1-2H3,(H,20,24). The van der Waals surface area contributed by atoms with Crippen molar-refractivity contribution in [3.63, 3.8) is 0 Å². The summed E-state index contributed by atoms with van der Waals surface area (Å²) in [4.78, 5) is 23.9. The van der Waals surface area contributed by atoms with E-state index in [-0.39, 0.29) is 5.91 Å². The van der Waals surface area contributed by atoms with Gasteiger partial charge < -0.3 is 10.2 Å². The third-order valence-electron chi connectivity index (χ3n) is 5.12. The van der Waals surface area contributed by atoms with Crippen LogP contribution in [-0.4, -0.2) is 35.5 Å². The summed E-state index contributed by atoms with van der Waals surface area (Å²) in [5.41, 5.74) is 5.10. The number of nitrogens with one attached hydrogen (secondary N) is 1. The minimum absolute atomic E-state index is 0.0702. The van der Waals surface area contributed by atoms with E-state index in [2.05, 4.69) is 17.1 Å². The van der Waals surface area contributed by atoms with Gasteiger partial charge >= 0.3 is 0 Å². The molecule has 1 amide bonds. The predicted molar refractivity (Wildman–Crippen MR) is 94.3 cm³/mol. The lowest BCUT2D eigenvalue weighted by Crippen LogP contribution is -2.46. The van der Waals surface area contributed by atoms with Gasteiger partial charge in [-0.2, -0.15) is 0 Å². The van der Waals surface area contributed by atoms with E-state index < -0.39 is 0 Å². The molecule has 24 heavy (non-hydrogen) atoms. The first-order valence-electron chi connectivity index (χ1n) is 8.66. The monoisotopic (exact) mass is 322 g/mol. The van der Waals surface area contributed by atoms with Crippen LogP contribution in [0, 0.1) is 0 Å². The van der Waals surface area contributed by atoms with E-state index in [1.807, 2.05) is 24.3 Å². The molecule has 1 N–H and O–H groups in total. The van der Waals surface area contributed by atoms with Crippen LogP contribution in [0.1, 0.15) is 41.4 Å². The Bertz CT molecular complexity index is 802. The van der Waals surface area contributed by atoms with E-state index in [1.54, 1.807) is 7.05 Å². The smallest absolute Gasteiger partial charge is 0.251 e. The highest BCUT2D eigenvalue weighted by Gasteiger charge is 2.29. The van der Waals surface area contributed by atoms with Crippen LogP contribution in [0.4, 0.5) is 5.95 Å². The molecule has 5 nitrogen and oxygen atoms in total. The van der Waals surface area contributed by atoms with Crippen LogP contribution in [0.3, 0.4) is 0 Å². The zero-order valence-electron chi connectivity index (χ0n) is 14.2. The highest BCUT2D eigenvalue weighted by Crippen LogP contribution is 2.34. The molecule has 4 rings (SSSR count). The minimum atomic E-state index is -0.0702. The molecule has 2 aromatic rings. The van der Waals surface area contributed by atoms with E-state index in [4.69, 9.17) is 9.97 Å². The fourth-order valence-corrected chi connectivity index (χ4v) is 3.55. The number of nitrogens with zero attached hydrogens (tertiary/aromatic N) is 3. The summed E-state index contributed by atoms with van der Waals surface area (Å²) in [5.74, 6) is 0.772. The second-order valence-corrected chi connectivity index (χ2v) is 6.64. The van der Waals surface area contributed by atoms with Crippen LogP contribution in [0.2, 0.25) is 0 Å². The molecular formula is C19H22N4O. The molecule has 1 saturated heterocycles. The molecule has 1 atom stereocenters. The van der Waals surface area contributed by atoms with Crippen molar-refractivity contribution in [2.24, 2.45) is 0 Å². The average molecular weight is 322 g/mol. The fourth-order valence-electron chi connectivity index (χ4n) is 3.55. The van der Waals surface area contributed by atoms with Crippen molar-refractivity contribution >= 4 is 11.9 Å². The van der Waals surface area contributed by atoms with E-state index in [1.165, 1.54) is 17.7 Å². The van der Waals surface area contributed by atoms with Gasteiger partial charge in [-0.05, 0) is 44.7 Å². The number of aromatic nitrogens is 2. The van der Waals surface area contributed by atoms with Gasteiger partial charge in [0.15, 0.2) is 0 Å². The van der Waals surface area contributed by atoms with Crippen molar-refractivity contribution in [1.29, 1.82) is 0 Å². The highest BCUT2D eigenvalue weighted by molar-refractivity contribution is 5.95. The molecule has 1 aromatic carbocycles. The molecule has 0 radical (unpaired) electrons. The molecule has 0 spiro atoms. The zero-order chi connectivity index (χ0) is 16.7. The first-order chi connectivity index (χ1) is 11.7. The van der Waals surface area contributed by atoms with Crippen molar-refractivity contribution in [3.05, 3.63) is 41.1 Å². The fraction of sp³-hybridized carbons (Fsp3) is 0.421. The number of amides is 1. The molecule has 1 aromatic heterocycles. The predicted octanol–water partition coefficient (Wildman–Crippen LogP) is 2.59. The SMILES string of the molecule is CNC(=O)c1cccc(-c2nc(N3CCC3C)nc3c2CCC3)c1. The van der Waals surface area contributed by atoms with Gasteiger partial charge in [0, 0.05) is 42.0 Å². The van der Waals surface area contributed by atoms with Crippen molar-refractivity contribution in [2.45, 2.75) is 38.6 Å². The quantitative estimate of drug-likeness (QED) is 0.943. The molecule has 0 saturated carbocycles. The van der Waals surface area contributed by atoms with Gasteiger partial charge in [-0.25, -0.2) is 9.97 Å². The summed E-state index contributed by atoms with van der Waals surface area (Å²) in [5, 5.41) is 2.69. The van der Waals surface area contributed by atoms with E-state index in [0.29, 0.717) is 11.6 Å². The number of aryl methyl sites for hydroxylation is 1. The van der Waals surface area contributed by atoms with E-state index >= 15 is 0 Å². The Kier molecular flexibility index (Phi) is 3.71. The van der Waals surface area contributed by atoms with Crippen LogP contribution in [-0.2, 0) is 12.8 Å². The van der Waals surface area contributed by atoms with Gasteiger partial charge in [0.25, 0.3) is 5.91 Å². The normalized spacial score (nSPS) is 18.9. The van der Waals surface area contributed by atoms with Gasteiger partial charge in [0.05, 0.1) is 5.69 Å². The van der Waals surface area contributed by atoms with Crippen molar-refractivity contribution in [2.75, 3.05) is 18.5 Å². The summed E-state index contributed by atoms with van der Waals surface area (Å²) >= 11 is 0. The van der Waals surface area contributed by atoms with Crippen LogP contribution in [0.15, 0.2) is 24.3 Å². The Hall–Kier alpha value is -2.43. The summed E-state index contributed by atoms with van der Waals surface area (Å²) in [6, 6.07) is 8.24.